The summed E-state index contributed by atoms with van der Waals surface area (Å²) < 4.78 is 28.6. The monoisotopic (exact) mass is 411 g/mol. The number of fused-ring (bicyclic) bond motifs is 3. The van der Waals surface area contributed by atoms with Crippen molar-refractivity contribution in [1.82, 2.24) is 0 Å². The number of anilines is 2. The lowest BCUT2D eigenvalue weighted by Crippen LogP contribution is -2.25. The number of aliphatic carboxylic acids is 1. The van der Waals surface area contributed by atoms with Gasteiger partial charge >= 0.3 is 5.97 Å². The minimum atomic E-state index is -1.11. The summed E-state index contributed by atoms with van der Waals surface area (Å²) >= 11 is 0. The number of carbonyl (C=O) groups excluding carboxylic acids is 2. The van der Waals surface area contributed by atoms with Crippen molar-refractivity contribution in [2.45, 2.75) is 18.9 Å². The van der Waals surface area contributed by atoms with Gasteiger partial charge in [-0.25, -0.2) is 8.78 Å². The zero-order valence-electron chi connectivity index (χ0n) is 15.4. The molecule has 0 saturated heterocycles. The summed E-state index contributed by atoms with van der Waals surface area (Å²) in [5.74, 6) is -3.84. The number of halogens is 2. The molecule has 0 saturated carbocycles. The van der Waals surface area contributed by atoms with Crippen LogP contribution in [-0.2, 0) is 27.3 Å². The Morgan fingerprint density at radius 1 is 1.23 bits per heavy atom. The van der Waals surface area contributed by atoms with E-state index in [1.54, 1.807) is 11.0 Å². The fourth-order valence-electron chi connectivity index (χ4n) is 3.88. The quantitative estimate of drug-likeness (QED) is 0.713. The summed E-state index contributed by atoms with van der Waals surface area (Å²) in [7, 11) is 0. The van der Waals surface area contributed by atoms with Crippen LogP contribution in [0.25, 0.3) is 0 Å². The Hall–Kier alpha value is -3.88. The van der Waals surface area contributed by atoms with Gasteiger partial charge < -0.3 is 15.3 Å². The maximum absolute atomic E-state index is 14.3. The molecule has 2 heterocycles. The van der Waals surface area contributed by atoms with E-state index < -0.39 is 23.5 Å². The molecule has 0 fully saturated rings. The second-order valence-electron chi connectivity index (χ2n) is 6.82. The number of carboxylic acid groups (broad SMARTS) is 1. The van der Waals surface area contributed by atoms with Gasteiger partial charge in [-0.1, -0.05) is 12.1 Å². The van der Waals surface area contributed by atoms with E-state index in [-0.39, 0.29) is 30.0 Å². The summed E-state index contributed by atoms with van der Waals surface area (Å²) in [6.07, 6.45) is 2.57. The number of nitrogens with zero attached hydrogens (tertiary/aromatic N) is 2. The number of carbonyl (C=O) groups is 3. The number of benzene rings is 2. The molecule has 2 aliphatic heterocycles. The lowest BCUT2D eigenvalue weighted by Gasteiger charge is -2.24. The molecule has 9 heteroatoms. The number of nitrogens with one attached hydrogen (secondary N) is 1. The third-order valence-electron chi connectivity index (χ3n) is 5.11. The summed E-state index contributed by atoms with van der Waals surface area (Å²) in [4.78, 5) is 40.6. The van der Waals surface area contributed by atoms with Gasteiger partial charge in [0.25, 0.3) is 0 Å². The molecule has 0 spiro atoms. The van der Waals surface area contributed by atoms with Crippen LogP contribution in [0.4, 0.5) is 20.2 Å². The fourth-order valence-corrected chi connectivity index (χ4v) is 3.88. The van der Waals surface area contributed by atoms with Gasteiger partial charge in [0, 0.05) is 23.0 Å². The number of Topliss-reactive ketones (excluding diaryl/α,β-unsaturated/α-hetero) is 1. The van der Waals surface area contributed by atoms with E-state index in [2.05, 4.69) is 10.3 Å². The van der Waals surface area contributed by atoms with Crippen LogP contribution in [0.5, 0.6) is 0 Å². The van der Waals surface area contributed by atoms with Crippen molar-refractivity contribution >= 4 is 35.8 Å². The Morgan fingerprint density at radius 2 is 1.97 bits per heavy atom. The van der Waals surface area contributed by atoms with Crippen molar-refractivity contribution in [3.05, 3.63) is 70.6 Å². The molecule has 1 amide bonds. The first-order valence-corrected chi connectivity index (χ1v) is 8.97. The van der Waals surface area contributed by atoms with Crippen LogP contribution in [0.15, 0.2) is 47.2 Å². The number of aliphatic imine (C=N–C) groups is 1. The molecule has 2 aliphatic rings. The Kier molecular flexibility index (Phi) is 4.86. The summed E-state index contributed by atoms with van der Waals surface area (Å²) in [6, 6.07) is 6.62. The molecule has 2 aromatic carbocycles. The Bertz CT molecular complexity index is 1120. The standard InChI is InChI=1S/C21H15F2N3O4/c22-13-2-1-3-14(23)12(13)9-26-15-5-4-11(6-18(29)30)21(25-10-27)20(15)19-16(26)7-24-8-17(19)28/h1-5,7-8,10,19H,6,9H2,(H,25,27)(H,29,30). The first-order chi connectivity index (χ1) is 14.4. The number of rotatable bonds is 6. The number of ketones is 1. The van der Waals surface area contributed by atoms with E-state index in [9.17, 15) is 28.3 Å². The Labute approximate surface area is 169 Å². The molecular weight excluding hydrogens is 396 g/mol. The number of allylic oxidation sites excluding steroid dienone is 1. The van der Waals surface area contributed by atoms with E-state index in [1.807, 2.05) is 0 Å². The molecule has 2 aromatic rings. The molecule has 0 bridgehead atoms. The molecule has 2 N–H and O–H groups in total. The van der Waals surface area contributed by atoms with Crippen molar-refractivity contribution in [3.63, 3.8) is 0 Å². The Morgan fingerprint density at radius 3 is 2.63 bits per heavy atom. The predicted molar refractivity (Wildman–Crippen MR) is 104 cm³/mol. The molecule has 30 heavy (non-hydrogen) atoms. The van der Waals surface area contributed by atoms with Crippen LogP contribution in [0, 0.1) is 11.6 Å². The second-order valence-corrected chi connectivity index (χ2v) is 6.82. The molecule has 152 valence electrons. The van der Waals surface area contributed by atoms with E-state index in [0.717, 1.165) is 18.3 Å². The summed E-state index contributed by atoms with van der Waals surface area (Å²) in [5, 5.41) is 11.7. The third kappa shape index (κ3) is 3.14. The average Bonchev–Trinajstić information content (AvgIpc) is 3.01. The highest BCUT2D eigenvalue weighted by molar-refractivity contribution is 6.33. The van der Waals surface area contributed by atoms with Crippen molar-refractivity contribution in [2.24, 2.45) is 4.99 Å². The van der Waals surface area contributed by atoms with E-state index in [1.165, 1.54) is 18.3 Å². The van der Waals surface area contributed by atoms with Crippen LogP contribution >= 0.6 is 0 Å². The number of amides is 1. The minimum Gasteiger partial charge on any atom is -0.481 e. The summed E-state index contributed by atoms with van der Waals surface area (Å²) in [6.45, 7) is -0.213. The second kappa shape index (κ2) is 7.51. The van der Waals surface area contributed by atoms with Gasteiger partial charge in [0.2, 0.25) is 6.41 Å². The number of hydrogen-bond donors (Lipinski definition) is 2. The molecule has 7 nitrogen and oxygen atoms in total. The lowest BCUT2D eigenvalue weighted by molar-refractivity contribution is -0.136. The van der Waals surface area contributed by atoms with E-state index in [0.29, 0.717) is 28.9 Å². The first kappa shape index (κ1) is 19.4. The van der Waals surface area contributed by atoms with Gasteiger partial charge in [-0.3, -0.25) is 19.4 Å². The van der Waals surface area contributed by atoms with Crippen LogP contribution in [0.3, 0.4) is 0 Å². The topological polar surface area (TPSA) is 99.1 Å². The van der Waals surface area contributed by atoms with Gasteiger partial charge in [-0.2, -0.15) is 0 Å². The van der Waals surface area contributed by atoms with Crippen molar-refractivity contribution in [3.8, 4) is 0 Å². The smallest absolute Gasteiger partial charge is 0.307 e. The van der Waals surface area contributed by atoms with Crippen LogP contribution < -0.4 is 10.2 Å². The van der Waals surface area contributed by atoms with E-state index in [4.69, 9.17) is 0 Å². The molecule has 1 unspecified atom stereocenters. The zero-order valence-corrected chi connectivity index (χ0v) is 15.4. The van der Waals surface area contributed by atoms with Crippen LogP contribution in [0.1, 0.15) is 22.6 Å². The number of hydrogen-bond acceptors (Lipinski definition) is 5. The SMILES string of the molecule is O=CNc1c(CC(=O)O)ccc2c1C1C(=O)C=NC=C1N2Cc1c(F)cccc1F. The largest absolute Gasteiger partial charge is 0.481 e. The molecule has 0 aliphatic carbocycles. The van der Waals surface area contributed by atoms with Gasteiger partial charge in [-0.15, -0.1) is 0 Å². The predicted octanol–water partition coefficient (Wildman–Crippen LogP) is 2.76. The Balaban J connectivity index is 1.90. The highest BCUT2D eigenvalue weighted by Crippen LogP contribution is 2.50. The molecule has 1 atom stereocenters. The minimum absolute atomic E-state index is 0.188. The van der Waals surface area contributed by atoms with Crippen LogP contribution in [0.2, 0.25) is 0 Å². The lowest BCUT2D eigenvalue weighted by atomic mass is 9.90. The first-order valence-electron chi connectivity index (χ1n) is 8.97. The molecule has 0 aromatic heterocycles. The van der Waals surface area contributed by atoms with Crippen molar-refractivity contribution < 1.29 is 28.3 Å². The summed E-state index contributed by atoms with van der Waals surface area (Å²) in [5.41, 5.74) is 1.52. The normalized spacial score (nSPS) is 16.7. The van der Waals surface area contributed by atoms with Gasteiger partial charge in [0.05, 0.1) is 36.5 Å². The molecule has 4 rings (SSSR count). The maximum atomic E-state index is 14.3. The van der Waals surface area contributed by atoms with Crippen molar-refractivity contribution in [2.75, 3.05) is 10.2 Å². The van der Waals surface area contributed by atoms with Gasteiger partial charge in [0.15, 0.2) is 5.78 Å². The van der Waals surface area contributed by atoms with Crippen LogP contribution in [-0.4, -0.2) is 29.5 Å². The third-order valence-corrected chi connectivity index (χ3v) is 5.11. The average molecular weight is 411 g/mol. The fraction of sp³-hybridized carbons (Fsp3) is 0.143. The molecular formula is C21H15F2N3O4. The number of carboxylic acids is 1. The van der Waals surface area contributed by atoms with E-state index >= 15 is 0 Å². The zero-order chi connectivity index (χ0) is 21.4. The molecule has 0 radical (unpaired) electrons. The highest BCUT2D eigenvalue weighted by atomic mass is 19.1. The van der Waals surface area contributed by atoms with Crippen molar-refractivity contribution in [1.29, 1.82) is 0 Å². The van der Waals surface area contributed by atoms with Gasteiger partial charge in [0.1, 0.15) is 11.6 Å². The van der Waals surface area contributed by atoms with Gasteiger partial charge in [-0.05, 0) is 23.8 Å². The maximum Gasteiger partial charge on any atom is 0.307 e. The highest BCUT2D eigenvalue weighted by Gasteiger charge is 2.42.